The van der Waals surface area contributed by atoms with Crippen LogP contribution in [0, 0.1) is 23.2 Å². The summed E-state index contributed by atoms with van der Waals surface area (Å²) in [5.74, 6) is 3.02. The molecule has 7 nitrogen and oxygen atoms in total. The van der Waals surface area contributed by atoms with Gasteiger partial charge in [0, 0.05) is 18.0 Å². The van der Waals surface area contributed by atoms with Crippen molar-refractivity contribution >= 4 is 11.9 Å². The Morgan fingerprint density at radius 3 is 2.52 bits per heavy atom. The van der Waals surface area contributed by atoms with Crippen LogP contribution in [-0.4, -0.2) is 23.6 Å². The Balaban J connectivity index is 1.06. The van der Waals surface area contributed by atoms with Crippen molar-refractivity contribution in [1.29, 1.82) is 0 Å². The van der Waals surface area contributed by atoms with E-state index in [1.54, 1.807) is 24.5 Å². The molecular formula is C22H26N2O5. The summed E-state index contributed by atoms with van der Waals surface area (Å²) in [6, 6.07) is 5.21. The van der Waals surface area contributed by atoms with E-state index >= 15 is 0 Å². The van der Waals surface area contributed by atoms with Gasteiger partial charge in [0.25, 0.3) is 0 Å². The lowest BCUT2D eigenvalue weighted by atomic mass is 9.49. The van der Waals surface area contributed by atoms with Crippen LogP contribution in [-0.2, 0) is 20.9 Å². The molecule has 0 atom stereocenters. The molecule has 7 heteroatoms. The molecule has 0 aliphatic heterocycles. The number of hydrogen-bond donors (Lipinski definition) is 1. The molecule has 4 saturated carbocycles. The molecule has 4 bridgehead atoms. The molecule has 1 N–H and O–H groups in total. The van der Waals surface area contributed by atoms with Crippen molar-refractivity contribution < 1.29 is 23.3 Å². The quantitative estimate of drug-likeness (QED) is 0.715. The van der Waals surface area contributed by atoms with E-state index in [1.807, 2.05) is 0 Å². The van der Waals surface area contributed by atoms with Crippen LogP contribution in [0.3, 0.4) is 0 Å². The number of hydrogen-bond acceptors (Lipinski definition) is 6. The molecule has 1 amide bonds. The number of amides is 1. The Morgan fingerprint density at radius 1 is 1.14 bits per heavy atom. The number of aromatic nitrogens is 1. The van der Waals surface area contributed by atoms with Crippen molar-refractivity contribution in [3.8, 4) is 11.5 Å². The third-order valence-corrected chi connectivity index (χ3v) is 6.84. The van der Waals surface area contributed by atoms with E-state index in [0.717, 1.165) is 37.0 Å². The van der Waals surface area contributed by atoms with Gasteiger partial charge in [-0.25, -0.2) is 0 Å². The first-order chi connectivity index (χ1) is 14.1. The summed E-state index contributed by atoms with van der Waals surface area (Å²) in [4.78, 5) is 24.9. The summed E-state index contributed by atoms with van der Waals surface area (Å²) in [6.07, 6.45) is 8.71. The number of furan rings is 1. The van der Waals surface area contributed by atoms with Gasteiger partial charge in [0.15, 0.2) is 5.76 Å². The van der Waals surface area contributed by atoms with Gasteiger partial charge < -0.3 is 19.0 Å². The SMILES string of the molecule is O=C(CCNC(=O)C12CC3CC(CC(C3)C1)C2)OCc1cc(-c2ccco2)on1. The van der Waals surface area contributed by atoms with Crippen molar-refractivity contribution in [1.82, 2.24) is 10.5 Å². The largest absolute Gasteiger partial charge is 0.461 e. The topological polar surface area (TPSA) is 94.6 Å². The van der Waals surface area contributed by atoms with Gasteiger partial charge in [-0.3, -0.25) is 9.59 Å². The van der Waals surface area contributed by atoms with E-state index in [0.29, 0.717) is 23.8 Å². The molecule has 2 heterocycles. The summed E-state index contributed by atoms with van der Waals surface area (Å²) in [7, 11) is 0. The summed E-state index contributed by atoms with van der Waals surface area (Å²) in [5.41, 5.74) is 0.337. The highest BCUT2D eigenvalue weighted by atomic mass is 16.5. The number of carbonyl (C=O) groups excluding carboxylic acids is 2. The van der Waals surface area contributed by atoms with Crippen molar-refractivity contribution in [2.24, 2.45) is 23.2 Å². The minimum atomic E-state index is -0.363. The Labute approximate surface area is 169 Å². The normalized spacial score (nSPS) is 29.7. The molecular weight excluding hydrogens is 372 g/mol. The minimum absolute atomic E-state index is 0.0337. The zero-order valence-corrected chi connectivity index (χ0v) is 16.4. The predicted octanol–water partition coefficient (Wildman–Crippen LogP) is 3.70. The highest BCUT2D eigenvalue weighted by Gasteiger charge is 2.54. The van der Waals surface area contributed by atoms with E-state index in [9.17, 15) is 9.59 Å². The monoisotopic (exact) mass is 398 g/mol. The Hall–Kier alpha value is -2.57. The van der Waals surface area contributed by atoms with Crippen LogP contribution < -0.4 is 5.32 Å². The van der Waals surface area contributed by atoms with Gasteiger partial charge in [-0.1, -0.05) is 5.16 Å². The molecule has 0 saturated heterocycles. The van der Waals surface area contributed by atoms with Gasteiger partial charge in [-0.2, -0.15) is 0 Å². The van der Waals surface area contributed by atoms with Gasteiger partial charge in [-0.05, 0) is 68.4 Å². The van der Waals surface area contributed by atoms with Crippen LogP contribution in [0.2, 0.25) is 0 Å². The molecule has 0 spiro atoms. The van der Waals surface area contributed by atoms with Crippen LogP contribution in [0.4, 0.5) is 0 Å². The smallest absolute Gasteiger partial charge is 0.307 e. The van der Waals surface area contributed by atoms with Crippen LogP contribution >= 0.6 is 0 Å². The second-order valence-electron chi connectivity index (χ2n) is 9.02. The summed E-state index contributed by atoms with van der Waals surface area (Å²) in [6.45, 7) is 0.349. The molecule has 0 aromatic carbocycles. The lowest BCUT2D eigenvalue weighted by Gasteiger charge is -2.55. The van der Waals surface area contributed by atoms with Gasteiger partial charge in [0.05, 0.1) is 12.7 Å². The Bertz CT molecular complexity index is 850. The maximum Gasteiger partial charge on any atom is 0.307 e. The average Bonchev–Trinajstić information content (AvgIpc) is 3.37. The molecule has 29 heavy (non-hydrogen) atoms. The standard InChI is InChI=1S/C22H26N2O5/c25-20(28-13-17-9-19(29-24-17)18-2-1-5-27-18)3-4-23-21(26)22-10-14-6-15(11-22)8-16(7-14)12-22/h1-2,5,9,14-16H,3-4,6-8,10-13H2,(H,23,26). The number of esters is 1. The zero-order valence-electron chi connectivity index (χ0n) is 16.4. The highest BCUT2D eigenvalue weighted by Crippen LogP contribution is 2.60. The van der Waals surface area contributed by atoms with Gasteiger partial charge in [0.1, 0.15) is 12.3 Å². The third kappa shape index (κ3) is 3.70. The predicted molar refractivity (Wildman–Crippen MR) is 102 cm³/mol. The number of carbonyl (C=O) groups is 2. The fourth-order valence-corrected chi connectivity index (χ4v) is 6.00. The number of nitrogens with zero attached hydrogens (tertiary/aromatic N) is 1. The second-order valence-corrected chi connectivity index (χ2v) is 9.02. The van der Waals surface area contributed by atoms with Gasteiger partial charge in [0.2, 0.25) is 11.7 Å². The summed E-state index contributed by atoms with van der Waals surface area (Å²) in [5, 5.41) is 6.88. The molecule has 4 fully saturated rings. The van der Waals surface area contributed by atoms with Crippen molar-refractivity contribution in [2.75, 3.05) is 6.54 Å². The maximum atomic E-state index is 12.9. The molecule has 2 aromatic heterocycles. The molecule has 4 aliphatic rings. The molecule has 4 aliphatic carbocycles. The fourth-order valence-electron chi connectivity index (χ4n) is 6.00. The van der Waals surface area contributed by atoms with Crippen LogP contribution in [0.1, 0.15) is 50.6 Å². The maximum absolute atomic E-state index is 12.9. The van der Waals surface area contributed by atoms with E-state index in [1.165, 1.54) is 19.3 Å². The van der Waals surface area contributed by atoms with Gasteiger partial charge >= 0.3 is 5.97 Å². The van der Waals surface area contributed by atoms with Crippen molar-refractivity contribution in [2.45, 2.75) is 51.6 Å². The molecule has 0 radical (unpaired) electrons. The van der Waals surface area contributed by atoms with Crippen molar-refractivity contribution in [3.05, 3.63) is 30.2 Å². The molecule has 2 aromatic rings. The third-order valence-electron chi connectivity index (χ3n) is 6.84. The first kappa shape index (κ1) is 18.5. The van der Waals surface area contributed by atoms with E-state index < -0.39 is 0 Å². The second kappa shape index (κ2) is 7.35. The first-order valence-electron chi connectivity index (χ1n) is 10.5. The first-order valence-corrected chi connectivity index (χ1v) is 10.5. The number of rotatable bonds is 7. The van der Waals surface area contributed by atoms with Gasteiger partial charge in [-0.15, -0.1) is 0 Å². The molecule has 6 rings (SSSR count). The Morgan fingerprint density at radius 2 is 1.86 bits per heavy atom. The summed E-state index contributed by atoms with van der Waals surface area (Å²) < 4.78 is 15.7. The summed E-state index contributed by atoms with van der Waals surface area (Å²) >= 11 is 0. The van der Waals surface area contributed by atoms with Crippen LogP contribution in [0.15, 0.2) is 33.4 Å². The van der Waals surface area contributed by atoms with E-state index in [-0.39, 0.29) is 30.3 Å². The average molecular weight is 398 g/mol. The lowest BCUT2D eigenvalue weighted by Crippen LogP contribution is -2.53. The Kier molecular flexibility index (Phi) is 4.68. The highest BCUT2D eigenvalue weighted by molar-refractivity contribution is 5.83. The minimum Gasteiger partial charge on any atom is -0.461 e. The van der Waals surface area contributed by atoms with Crippen LogP contribution in [0.25, 0.3) is 11.5 Å². The van der Waals surface area contributed by atoms with Crippen molar-refractivity contribution in [3.63, 3.8) is 0 Å². The fraction of sp³-hybridized carbons (Fsp3) is 0.591. The lowest BCUT2D eigenvalue weighted by molar-refractivity contribution is -0.147. The number of nitrogens with one attached hydrogen (secondary N) is 1. The molecule has 154 valence electrons. The van der Waals surface area contributed by atoms with E-state index in [2.05, 4.69) is 10.5 Å². The van der Waals surface area contributed by atoms with E-state index in [4.69, 9.17) is 13.7 Å². The molecule has 0 unspecified atom stereocenters. The number of ether oxygens (including phenoxy) is 1. The zero-order chi connectivity index (χ0) is 19.8. The van der Waals surface area contributed by atoms with Crippen LogP contribution in [0.5, 0.6) is 0 Å².